The van der Waals surface area contributed by atoms with Gasteiger partial charge >= 0.3 is 0 Å². The van der Waals surface area contributed by atoms with Crippen molar-refractivity contribution >= 4 is 5.91 Å². The van der Waals surface area contributed by atoms with Crippen LogP contribution in [0.15, 0.2) is 18.2 Å². The fraction of sp³-hybridized carbons (Fsp3) is 0.684. The Hall–Kier alpha value is -1.42. The van der Waals surface area contributed by atoms with Crippen LogP contribution in [0.4, 0.5) is 0 Å². The van der Waals surface area contributed by atoms with Crippen molar-refractivity contribution in [2.75, 3.05) is 0 Å². The second-order valence-corrected chi connectivity index (χ2v) is 6.36. The number of aromatic nitrogens is 1. The maximum atomic E-state index is 12.5. The number of carbonyl (C=O) groups excluding carboxylic acids is 1. The zero-order valence-electron chi connectivity index (χ0n) is 15.2. The van der Waals surface area contributed by atoms with Gasteiger partial charge in [0, 0.05) is 17.3 Å². The van der Waals surface area contributed by atoms with Crippen molar-refractivity contribution in [2.45, 2.75) is 84.2 Å². The van der Waals surface area contributed by atoms with Gasteiger partial charge in [0.1, 0.15) is 5.69 Å². The lowest BCUT2D eigenvalue weighted by Gasteiger charge is -2.35. The summed E-state index contributed by atoms with van der Waals surface area (Å²) in [6.45, 7) is 8.06. The monoisotopic (exact) mass is 319 g/mol. The number of hydrogen-bond donors (Lipinski definition) is 2. The molecule has 4 heteroatoms. The molecule has 0 spiro atoms. The van der Waals surface area contributed by atoms with Crippen molar-refractivity contribution in [2.24, 2.45) is 5.73 Å². The molecule has 1 heterocycles. The molecule has 1 aromatic rings. The van der Waals surface area contributed by atoms with Gasteiger partial charge in [0.05, 0.1) is 0 Å². The fourth-order valence-electron chi connectivity index (χ4n) is 3.43. The van der Waals surface area contributed by atoms with Crippen LogP contribution in [0.25, 0.3) is 0 Å². The highest BCUT2D eigenvalue weighted by Gasteiger charge is 2.34. The summed E-state index contributed by atoms with van der Waals surface area (Å²) in [6, 6.07) is 5.74. The smallest absolute Gasteiger partial charge is 0.270 e. The maximum Gasteiger partial charge on any atom is 0.270 e. The standard InChI is InChI=1S/C17H27N3O.C2H6/c1-3-10-17(11-5-4-8-14(18)12-17)20-16(21)15-9-6-7-13(2)19-15;1-2/h6-7,9,14H,3-5,8,10-12,18H2,1-2H3,(H,20,21);1-2H3. The largest absolute Gasteiger partial charge is 0.345 e. The minimum Gasteiger partial charge on any atom is -0.345 e. The maximum absolute atomic E-state index is 12.5. The van der Waals surface area contributed by atoms with Crippen LogP contribution in [0.1, 0.15) is 81.9 Å². The third kappa shape index (κ3) is 5.94. The van der Waals surface area contributed by atoms with Gasteiger partial charge in [0.2, 0.25) is 0 Å². The number of nitrogens with zero attached hydrogens (tertiary/aromatic N) is 1. The van der Waals surface area contributed by atoms with E-state index < -0.39 is 0 Å². The molecule has 1 aliphatic rings. The number of pyridine rings is 1. The zero-order valence-corrected chi connectivity index (χ0v) is 15.2. The first-order chi connectivity index (χ1) is 11.0. The van der Waals surface area contributed by atoms with Crippen molar-refractivity contribution < 1.29 is 4.79 Å². The normalized spacial score (nSPS) is 24.1. The van der Waals surface area contributed by atoms with E-state index in [4.69, 9.17) is 5.73 Å². The molecule has 1 fully saturated rings. The van der Waals surface area contributed by atoms with Crippen LogP contribution < -0.4 is 11.1 Å². The number of hydrogen-bond acceptors (Lipinski definition) is 3. The topological polar surface area (TPSA) is 68.0 Å². The summed E-state index contributed by atoms with van der Waals surface area (Å²) in [7, 11) is 0. The van der Waals surface area contributed by atoms with E-state index in [9.17, 15) is 4.79 Å². The van der Waals surface area contributed by atoms with E-state index in [-0.39, 0.29) is 17.5 Å². The number of nitrogens with one attached hydrogen (secondary N) is 1. The Morgan fingerprint density at radius 1 is 1.39 bits per heavy atom. The predicted octanol–water partition coefficient (Wildman–Crippen LogP) is 3.98. The summed E-state index contributed by atoms with van der Waals surface area (Å²) in [6.07, 6.45) is 7.28. The Morgan fingerprint density at radius 3 is 2.78 bits per heavy atom. The summed E-state index contributed by atoms with van der Waals surface area (Å²) >= 11 is 0. The molecule has 0 radical (unpaired) electrons. The minimum atomic E-state index is -0.160. The SMILES string of the molecule is CC.CCCC1(NC(=O)c2cccc(C)n2)CCCCC(N)C1. The number of carbonyl (C=O) groups is 1. The van der Waals surface area contributed by atoms with Crippen LogP contribution in [0, 0.1) is 6.92 Å². The minimum absolute atomic E-state index is 0.0683. The van der Waals surface area contributed by atoms with Gasteiger partial charge < -0.3 is 11.1 Å². The molecule has 2 unspecified atom stereocenters. The zero-order chi connectivity index (χ0) is 17.3. The molecule has 1 amide bonds. The molecular weight excluding hydrogens is 286 g/mol. The second kappa shape index (κ2) is 9.66. The van der Waals surface area contributed by atoms with Crippen LogP contribution in [0.2, 0.25) is 0 Å². The van der Waals surface area contributed by atoms with Gasteiger partial charge in [-0.25, -0.2) is 4.98 Å². The first kappa shape index (κ1) is 19.6. The van der Waals surface area contributed by atoms with Crippen LogP contribution in [-0.2, 0) is 0 Å². The number of aryl methyl sites for hydroxylation is 1. The first-order valence-corrected chi connectivity index (χ1v) is 9.06. The Morgan fingerprint density at radius 2 is 2.13 bits per heavy atom. The van der Waals surface area contributed by atoms with Crippen molar-refractivity contribution in [3.63, 3.8) is 0 Å². The van der Waals surface area contributed by atoms with Crippen LogP contribution in [-0.4, -0.2) is 22.5 Å². The summed E-state index contributed by atoms with van der Waals surface area (Å²) in [5, 5.41) is 3.27. The molecule has 0 saturated heterocycles. The second-order valence-electron chi connectivity index (χ2n) is 6.36. The highest BCUT2D eigenvalue weighted by atomic mass is 16.2. The quantitative estimate of drug-likeness (QED) is 0.825. The van der Waals surface area contributed by atoms with Crippen molar-refractivity contribution in [3.8, 4) is 0 Å². The van der Waals surface area contributed by atoms with Crippen LogP contribution >= 0.6 is 0 Å². The van der Waals surface area contributed by atoms with Crippen molar-refractivity contribution in [3.05, 3.63) is 29.6 Å². The lowest BCUT2D eigenvalue weighted by atomic mass is 9.84. The van der Waals surface area contributed by atoms with Gasteiger partial charge in [-0.15, -0.1) is 0 Å². The Labute approximate surface area is 141 Å². The Balaban J connectivity index is 0.00000127. The number of rotatable bonds is 4. The molecule has 2 atom stereocenters. The van der Waals surface area contributed by atoms with Gasteiger partial charge in [-0.3, -0.25) is 4.79 Å². The molecule has 4 nitrogen and oxygen atoms in total. The lowest BCUT2D eigenvalue weighted by molar-refractivity contribution is 0.0871. The Kier molecular flexibility index (Phi) is 8.24. The number of nitrogens with two attached hydrogens (primary N) is 1. The van der Waals surface area contributed by atoms with E-state index in [2.05, 4.69) is 17.2 Å². The first-order valence-electron chi connectivity index (χ1n) is 9.06. The molecule has 2 rings (SSSR count). The van der Waals surface area contributed by atoms with E-state index in [0.29, 0.717) is 5.69 Å². The highest BCUT2D eigenvalue weighted by molar-refractivity contribution is 5.92. The third-order valence-electron chi connectivity index (χ3n) is 4.36. The predicted molar refractivity (Wildman–Crippen MR) is 96.5 cm³/mol. The van der Waals surface area contributed by atoms with E-state index in [1.807, 2.05) is 32.9 Å². The molecule has 0 bridgehead atoms. The molecule has 130 valence electrons. The van der Waals surface area contributed by atoms with Crippen molar-refractivity contribution in [1.82, 2.24) is 10.3 Å². The molecule has 1 saturated carbocycles. The molecular formula is C19H33N3O. The number of amides is 1. The molecule has 1 aliphatic carbocycles. The van der Waals surface area contributed by atoms with E-state index in [0.717, 1.165) is 50.6 Å². The summed E-state index contributed by atoms with van der Waals surface area (Å²) in [5.41, 5.74) is 7.42. The van der Waals surface area contributed by atoms with Gasteiger partial charge in [0.15, 0.2) is 0 Å². The molecule has 1 aromatic heterocycles. The van der Waals surface area contributed by atoms with Crippen LogP contribution in [0.5, 0.6) is 0 Å². The summed E-state index contributed by atoms with van der Waals surface area (Å²) < 4.78 is 0. The molecule has 0 aromatic carbocycles. The average molecular weight is 319 g/mol. The van der Waals surface area contributed by atoms with E-state index in [1.54, 1.807) is 6.07 Å². The van der Waals surface area contributed by atoms with Crippen molar-refractivity contribution in [1.29, 1.82) is 0 Å². The molecule has 0 aliphatic heterocycles. The van der Waals surface area contributed by atoms with E-state index >= 15 is 0 Å². The summed E-state index contributed by atoms with van der Waals surface area (Å²) in [4.78, 5) is 16.9. The third-order valence-corrected chi connectivity index (χ3v) is 4.36. The fourth-order valence-corrected chi connectivity index (χ4v) is 3.43. The van der Waals surface area contributed by atoms with Crippen LogP contribution in [0.3, 0.4) is 0 Å². The Bertz CT molecular complexity index is 489. The van der Waals surface area contributed by atoms with E-state index in [1.165, 1.54) is 0 Å². The molecule has 23 heavy (non-hydrogen) atoms. The molecule has 3 N–H and O–H groups in total. The van der Waals surface area contributed by atoms with Gasteiger partial charge in [-0.1, -0.05) is 46.1 Å². The van der Waals surface area contributed by atoms with Gasteiger partial charge in [0.25, 0.3) is 5.91 Å². The highest BCUT2D eigenvalue weighted by Crippen LogP contribution is 2.31. The lowest BCUT2D eigenvalue weighted by Crippen LogP contribution is -2.51. The van der Waals surface area contributed by atoms with Gasteiger partial charge in [-0.2, -0.15) is 0 Å². The van der Waals surface area contributed by atoms with Gasteiger partial charge in [-0.05, 0) is 44.7 Å². The summed E-state index contributed by atoms with van der Waals surface area (Å²) in [5.74, 6) is -0.0683. The average Bonchev–Trinajstić information content (AvgIpc) is 2.71.